The first kappa shape index (κ1) is 25.4. The maximum Gasteiger partial charge on any atom is 0.303 e. The average molecular weight is 550 g/mol. The van der Waals surface area contributed by atoms with Crippen LogP contribution in [-0.2, 0) is 14.3 Å². The van der Waals surface area contributed by atoms with Gasteiger partial charge in [-0.1, -0.05) is 18.9 Å². The minimum absolute atomic E-state index is 0.0190. The molecule has 2 amide bonds. The van der Waals surface area contributed by atoms with E-state index in [-0.39, 0.29) is 23.2 Å². The summed E-state index contributed by atoms with van der Waals surface area (Å²) in [6.45, 7) is 1.46. The van der Waals surface area contributed by atoms with Gasteiger partial charge in [-0.3, -0.25) is 14.4 Å². The van der Waals surface area contributed by atoms with E-state index in [9.17, 15) is 14.4 Å². The first-order chi connectivity index (χ1) is 19.8. The molecule has 3 N–H and O–H groups in total. The van der Waals surface area contributed by atoms with Gasteiger partial charge in [-0.05, 0) is 80.3 Å². The Kier molecular flexibility index (Phi) is 5.74. The molecule has 3 aliphatic rings. The van der Waals surface area contributed by atoms with Gasteiger partial charge in [0.25, 0.3) is 5.91 Å². The summed E-state index contributed by atoms with van der Waals surface area (Å²) in [7, 11) is 0. The summed E-state index contributed by atoms with van der Waals surface area (Å²) in [5, 5.41) is 5.95. The summed E-state index contributed by atoms with van der Waals surface area (Å²) in [4.78, 5) is 50.3. The number of H-pyrrole nitrogens is 1. The highest BCUT2D eigenvalue weighted by molar-refractivity contribution is 6.05. The zero-order valence-corrected chi connectivity index (χ0v) is 22.8. The normalized spacial score (nSPS) is 26.1. The Balaban J connectivity index is 1.06. The van der Waals surface area contributed by atoms with E-state index < -0.39 is 11.0 Å². The molecule has 0 aliphatic heterocycles. The first-order valence-corrected chi connectivity index (χ1v) is 14.1. The average Bonchev–Trinajstić information content (AvgIpc) is 3.24. The zero-order valence-electron chi connectivity index (χ0n) is 22.8. The fraction of sp³-hybridized carbons (Fsp3) is 0.344. The van der Waals surface area contributed by atoms with Crippen LogP contribution in [0.15, 0.2) is 66.9 Å². The van der Waals surface area contributed by atoms with Crippen LogP contribution in [0.25, 0.3) is 22.4 Å². The molecule has 2 aromatic carbocycles. The standard InChI is InChI=1S/C32H31N5O4/c1-20(38)41-32-18-30(13-3-4-14-31(32,17-30)19-32)29(40)34-23-10-7-21(8-11-23)27-35-24-12-9-22(16-25(24)36-27)28(39)37-26-6-2-5-15-33-26/h2,5-12,15-16H,3-4,13-14,17-19H2,1H3,(H,34,40)(H,35,36)(H,33,37,39). The Bertz CT molecular complexity index is 1680. The molecule has 1 spiro atoms. The van der Waals surface area contributed by atoms with Crippen LogP contribution < -0.4 is 10.6 Å². The number of esters is 1. The predicted octanol–water partition coefficient (Wildman–Crippen LogP) is 5.86. The first-order valence-electron chi connectivity index (χ1n) is 14.1. The third kappa shape index (κ3) is 4.36. The number of nitrogens with zero attached hydrogens (tertiary/aromatic N) is 2. The van der Waals surface area contributed by atoms with Gasteiger partial charge in [0.1, 0.15) is 17.2 Å². The molecule has 3 aliphatic carbocycles. The van der Waals surface area contributed by atoms with Crippen LogP contribution in [0.2, 0.25) is 0 Å². The molecule has 2 aromatic heterocycles. The molecule has 41 heavy (non-hydrogen) atoms. The summed E-state index contributed by atoms with van der Waals surface area (Å²) in [6.07, 6.45) is 7.85. The van der Waals surface area contributed by atoms with Crippen LogP contribution in [0.5, 0.6) is 0 Å². The van der Waals surface area contributed by atoms with E-state index in [1.807, 2.05) is 36.4 Å². The molecule has 4 aromatic rings. The number of amides is 2. The number of carbonyl (C=O) groups excluding carboxylic acids is 3. The van der Waals surface area contributed by atoms with Crippen LogP contribution in [0.1, 0.15) is 62.2 Å². The van der Waals surface area contributed by atoms with Crippen molar-refractivity contribution >= 4 is 40.3 Å². The number of aromatic amines is 1. The van der Waals surface area contributed by atoms with Crippen LogP contribution in [-0.4, -0.2) is 38.3 Å². The van der Waals surface area contributed by atoms with Gasteiger partial charge < -0.3 is 20.4 Å². The van der Waals surface area contributed by atoms with E-state index >= 15 is 0 Å². The molecule has 3 fully saturated rings. The van der Waals surface area contributed by atoms with Crippen LogP contribution in [0.4, 0.5) is 11.5 Å². The van der Waals surface area contributed by atoms with Gasteiger partial charge >= 0.3 is 5.97 Å². The number of anilines is 2. The topological polar surface area (TPSA) is 126 Å². The molecule has 2 heterocycles. The van der Waals surface area contributed by atoms with E-state index in [4.69, 9.17) is 4.74 Å². The number of pyridine rings is 1. The number of rotatable bonds is 6. The van der Waals surface area contributed by atoms with Gasteiger partial charge in [-0.15, -0.1) is 0 Å². The summed E-state index contributed by atoms with van der Waals surface area (Å²) >= 11 is 0. The van der Waals surface area contributed by atoms with Crippen molar-refractivity contribution in [2.45, 2.75) is 57.5 Å². The molecule has 0 radical (unpaired) electrons. The van der Waals surface area contributed by atoms with Gasteiger partial charge in [0.05, 0.1) is 16.4 Å². The largest absolute Gasteiger partial charge is 0.459 e. The van der Waals surface area contributed by atoms with Gasteiger partial charge in [0, 0.05) is 41.8 Å². The third-order valence-electron chi connectivity index (χ3n) is 9.21. The number of hydrogen-bond acceptors (Lipinski definition) is 6. The highest BCUT2D eigenvalue weighted by Crippen LogP contribution is 2.77. The summed E-state index contributed by atoms with van der Waals surface area (Å²) < 4.78 is 5.84. The number of imidazole rings is 1. The quantitative estimate of drug-likeness (QED) is 0.259. The lowest BCUT2D eigenvalue weighted by Crippen LogP contribution is -2.37. The Hall–Kier alpha value is -4.53. The predicted molar refractivity (Wildman–Crippen MR) is 154 cm³/mol. The fourth-order valence-corrected chi connectivity index (χ4v) is 7.36. The Morgan fingerprint density at radius 1 is 0.927 bits per heavy atom. The number of nitrogens with one attached hydrogen (secondary N) is 3. The van der Waals surface area contributed by atoms with Crippen LogP contribution >= 0.6 is 0 Å². The van der Waals surface area contributed by atoms with Crippen LogP contribution in [0, 0.1) is 10.8 Å². The lowest BCUT2D eigenvalue weighted by Gasteiger charge is -2.30. The Morgan fingerprint density at radius 2 is 1.76 bits per heavy atom. The summed E-state index contributed by atoms with van der Waals surface area (Å²) in [5.74, 6) is 0.670. The monoisotopic (exact) mass is 549 g/mol. The van der Waals surface area contributed by atoms with E-state index in [0.29, 0.717) is 23.6 Å². The molecule has 7 rings (SSSR count). The summed E-state index contributed by atoms with van der Waals surface area (Å²) in [5.41, 5.74) is 2.58. The van der Waals surface area contributed by atoms with Crippen LogP contribution in [0.3, 0.4) is 0 Å². The second-order valence-electron chi connectivity index (χ2n) is 11.9. The maximum atomic E-state index is 13.7. The molecule has 3 saturated carbocycles. The second-order valence-corrected chi connectivity index (χ2v) is 11.9. The minimum Gasteiger partial charge on any atom is -0.459 e. The number of fused-ring (bicyclic) bond motifs is 2. The molecule has 3 atom stereocenters. The van der Waals surface area contributed by atoms with E-state index in [0.717, 1.165) is 60.8 Å². The van der Waals surface area contributed by atoms with Crippen molar-refractivity contribution in [3.05, 3.63) is 72.4 Å². The highest BCUT2D eigenvalue weighted by Gasteiger charge is 2.79. The van der Waals surface area contributed by atoms with Crippen molar-refractivity contribution in [1.82, 2.24) is 15.0 Å². The van der Waals surface area contributed by atoms with Gasteiger partial charge in [-0.2, -0.15) is 0 Å². The lowest BCUT2D eigenvalue weighted by atomic mass is 9.77. The van der Waals surface area contributed by atoms with E-state index in [1.165, 1.54) is 6.92 Å². The van der Waals surface area contributed by atoms with E-state index in [2.05, 4.69) is 25.6 Å². The van der Waals surface area contributed by atoms with Crippen molar-refractivity contribution in [1.29, 1.82) is 0 Å². The number of ether oxygens (including phenoxy) is 1. The molecular formula is C32H31N5O4. The second kappa shape index (κ2) is 9.26. The van der Waals surface area contributed by atoms with Crippen molar-refractivity contribution in [3.63, 3.8) is 0 Å². The smallest absolute Gasteiger partial charge is 0.303 e. The highest BCUT2D eigenvalue weighted by atomic mass is 16.6. The summed E-state index contributed by atoms with van der Waals surface area (Å²) in [6, 6.07) is 18.3. The fourth-order valence-electron chi connectivity index (χ4n) is 7.36. The van der Waals surface area contributed by atoms with Crippen molar-refractivity contribution in [3.8, 4) is 11.4 Å². The Labute approximate surface area is 237 Å². The maximum absolute atomic E-state index is 13.7. The SMILES string of the molecule is CC(=O)OC12CC3(C(=O)Nc4ccc(-c5nc6ccc(C(=O)Nc7ccccn7)cc6[nH]5)cc4)CCCCC1(C3)C2. The lowest BCUT2D eigenvalue weighted by molar-refractivity contribution is -0.151. The molecule has 3 unspecified atom stereocenters. The van der Waals surface area contributed by atoms with Crippen molar-refractivity contribution in [2.24, 2.45) is 10.8 Å². The molecule has 2 bridgehead atoms. The van der Waals surface area contributed by atoms with E-state index in [1.54, 1.807) is 30.5 Å². The molecular weight excluding hydrogens is 518 g/mol. The number of hydrogen-bond donors (Lipinski definition) is 3. The van der Waals surface area contributed by atoms with Crippen molar-refractivity contribution < 1.29 is 19.1 Å². The zero-order chi connectivity index (χ0) is 28.2. The van der Waals surface area contributed by atoms with Gasteiger partial charge in [-0.25, -0.2) is 9.97 Å². The van der Waals surface area contributed by atoms with Gasteiger partial charge in [0.2, 0.25) is 5.91 Å². The molecule has 0 saturated heterocycles. The minimum atomic E-state index is -0.498. The van der Waals surface area contributed by atoms with Gasteiger partial charge in [0.15, 0.2) is 0 Å². The Morgan fingerprint density at radius 3 is 2.54 bits per heavy atom. The number of aromatic nitrogens is 3. The molecule has 9 nitrogen and oxygen atoms in total. The number of carbonyl (C=O) groups is 3. The number of benzene rings is 2. The third-order valence-corrected chi connectivity index (χ3v) is 9.21. The molecule has 208 valence electrons. The molecule has 9 heteroatoms. The van der Waals surface area contributed by atoms with Crippen molar-refractivity contribution in [2.75, 3.05) is 10.6 Å².